The van der Waals surface area contributed by atoms with Gasteiger partial charge in [0.25, 0.3) is 0 Å². The zero-order chi connectivity index (χ0) is 11.5. The largest absolute Gasteiger partial charge is 0.375 e. The summed E-state index contributed by atoms with van der Waals surface area (Å²) in [4.78, 5) is 0.902. The van der Waals surface area contributed by atoms with Crippen LogP contribution in [0.4, 0.5) is 0 Å². The fourth-order valence-corrected chi connectivity index (χ4v) is 2.62. The Bertz CT molecular complexity index is 415. The number of rotatable bonds is 5. The van der Waals surface area contributed by atoms with Crippen molar-refractivity contribution in [3.63, 3.8) is 0 Å². The maximum absolute atomic E-state index is 10.9. The van der Waals surface area contributed by atoms with Crippen LogP contribution in [-0.2, 0) is 14.8 Å². The van der Waals surface area contributed by atoms with Crippen LogP contribution in [0.25, 0.3) is 0 Å². The summed E-state index contributed by atoms with van der Waals surface area (Å²) >= 11 is 7.15. The molecule has 4 nitrogen and oxygen atoms in total. The fourth-order valence-electron chi connectivity index (χ4n) is 1.03. The smallest absolute Gasteiger partial charge is 0.208 e. The van der Waals surface area contributed by atoms with E-state index < -0.39 is 10.0 Å². The summed E-state index contributed by atoms with van der Waals surface area (Å²) in [5.41, 5.74) is 0. The lowest BCUT2D eigenvalue weighted by atomic mass is 10.3. The van der Waals surface area contributed by atoms with Gasteiger partial charge in [-0.05, 0) is 12.1 Å². The molecule has 7 heteroatoms. The molecular formula is C8H12ClNO3S2. The Labute approximate surface area is 98.3 Å². The van der Waals surface area contributed by atoms with E-state index in [1.807, 2.05) is 6.07 Å². The summed E-state index contributed by atoms with van der Waals surface area (Å²) in [6, 6.07) is 3.58. The van der Waals surface area contributed by atoms with Crippen molar-refractivity contribution in [2.24, 2.45) is 0 Å². The molecular weight excluding hydrogens is 258 g/mol. The van der Waals surface area contributed by atoms with Crippen molar-refractivity contribution in [2.45, 2.75) is 6.10 Å². The highest BCUT2D eigenvalue weighted by Crippen LogP contribution is 2.28. The van der Waals surface area contributed by atoms with Gasteiger partial charge in [0.05, 0.1) is 10.6 Å². The standard InChI is InChI=1S/C8H12ClNO3S2/c1-13-6(5-10-15(2,11)12)7-3-4-8(9)14-7/h3-4,6,10H,5H2,1-2H3/t6-/m1/s1. The van der Waals surface area contributed by atoms with Crippen molar-refractivity contribution in [3.8, 4) is 0 Å². The Morgan fingerprint density at radius 1 is 1.60 bits per heavy atom. The Balaban J connectivity index is 2.65. The first kappa shape index (κ1) is 12.9. The van der Waals surface area contributed by atoms with Gasteiger partial charge >= 0.3 is 0 Å². The zero-order valence-electron chi connectivity index (χ0n) is 8.36. The average molecular weight is 270 g/mol. The van der Waals surface area contributed by atoms with E-state index in [0.29, 0.717) is 4.34 Å². The Hall–Kier alpha value is -0.140. The highest BCUT2D eigenvalue weighted by atomic mass is 35.5. The van der Waals surface area contributed by atoms with Crippen LogP contribution in [0.3, 0.4) is 0 Å². The molecule has 1 N–H and O–H groups in total. The van der Waals surface area contributed by atoms with Crippen LogP contribution in [0, 0.1) is 0 Å². The molecule has 15 heavy (non-hydrogen) atoms. The molecule has 0 amide bonds. The first-order valence-corrected chi connectivity index (χ1v) is 7.23. The topological polar surface area (TPSA) is 55.4 Å². The molecule has 0 saturated carbocycles. The molecule has 0 aliphatic rings. The monoisotopic (exact) mass is 269 g/mol. The third-order valence-electron chi connectivity index (χ3n) is 1.73. The SMILES string of the molecule is CO[C@H](CNS(C)(=O)=O)c1ccc(Cl)s1. The van der Waals surface area contributed by atoms with E-state index in [1.54, 1.807) is 6.07 Å². The minimum Gasteiger partial charge on any atom is -0.375 e. The second kappa shape index (κ2) is 5.27. The molecule has 0 aromatic carbocycles. The van der Waals surface area contributed by atoms with E-state index in [9.17, 15) is 8.42 Å². The van der Waals surface area contributed by atoms with Gasteiger partial charge in [-0.1, -0.05) is 11.6 Å². The van der Waals surface area contributed by atoms with Gasteiger partial charge in [0.2, 0.25) is 10.0 Å². The van der Waals surface area contributed by atoms with Crippen LogP contribution in [0.15, 0.2) is 12.1 Å². The van der Waals surface area contributed by atoms with Gasteiger partial charge in [0.1, 0.15) is 6.10 Å². The number of nitrogens with one attached hydrogen (secondary N) is 1. The van der Waals surface area contributed by atoms with E-state index in [4.69, 9.17) is 16.3 Å². The third kappa shape index (κ3) is 4.48. The molecule has 0 spiro atoms. The molecule has 1 atom stereocenters. The van der Waals surface area contributed by atoms with Crippen molar-refractivity contribution in [1.29, 1.82) is 0 Å². The number of thiophene rings is 1. The zero-order valence-corrected chi connectivity index (χ0v) is 10.7. The number of ether oxygens (including phenoxy) is 1. The average Bonchev–Trinajstić information content (AvgIpc) is 2.51. The molecule has 0 radical (unpaired) electrons. The first-order valence-electron chi connectivity index (χ1n) is 4.15. The summed E-state index contributed by atoms with van der Waals surface area (Å²) in [6.45, 7) is 0.214. The third-order valence-corrected chi connectivity index (χ3v) is 3.74. The second-order valence-electron chi connectivity index (χ2n) is 2.99. The maximum Gasteiger partial charge on any atom is 0.208 e. The Morgan fingerprint density at radius 3 is 2.67 bits per heavy atom. The lowest BCUT2D eigenvalue weighted by Crippen LogP contribution is -2.27. The van der Waals surface area contributed by atoms with Gasteiger partial charge < -0.3 is 4.74 Å². The van der Waals surface area contributed by atoms with Crippen molar-refractivity contribution in [3.05, 3.63) is 21.3 Å². The molecule has 1 aromatic rings. The summed E-state index contributed by atoms with van der Waals surface area (Å²) in [5, 5.41) is 0. The molecule has 86 valence electrons. The van der Waals surface area contributed by atoms with Gasteiger partial charge in [-0.3, -0.25) is 0 Å². The Kier molecular flexibility index (Phi) is 4.54. The molecule has 1 rings (SSSR count). The first-order chi connectivity index (χ1) is 6.92. The van der Waals surface area contributed by atoms with Crippen molar-refractivity contribution < 1.29 is 13.2 Å². The minimum absolute atomic E-state index is 0.214. The van der Waals surface area contributed by atoms with Crippen LogP contribution in [0.1, 0.15) is 11.0 Å². The normalized spacial score (nSPS) is 14.1. The highest BCUT2D eigenvalue weighted by Gasteiger charge is 2.14. The number of hydrogen-bond donors (Lipinski definition) is 1. The van der Waals surface area contributed by atoms with Gasteiger partial charge in [-0.15, -0.1) is 11.3 Å². The van der Waals surface area contributed by atoms with E-state index in [1.165, 1.54) is 18.4 Å². The summed E-state index contributed by atoms with van der Waals surface area (Å²) in [6.07, 6.45) is 0.818. The van der Waals surface area contributed by atoms with Gasteiger partial charge in [0.15, 0.2) is 0 Å². The molecule has 1 aromatic heterocycles. The fraction of sp³-hybridized carbons (Fsp3) is 0.500. The van der Waals surface area contributed by atoms with E-state index >= 15 is 0 Å². The lowest BCUT2D eigenvalue weighted by Gasteiger charge is -2.13. The predicted molar refractivity (Wildman–Crippen MR) is 61.9 cm³/mol. The molecule has 0 saturated heterocycles. The Morgan fingerprint density at radius 2 is 2.27 bits per heavy atom. The van der Waals surface area contributed by atoms with Crippen LogP contribution < -0.4 is 4.72 Å². The molecule has 0 fully saturated rings. The van der Waals surface area contributed by atoms with Crippen molar-refractivity contribution >= 4 is 33.0 Å². The van der Waals surface area contributed by atoms with Crippen LogP contribution in [0.2, 0.25) is 4.34 Å². The number of hydrogen-bond acceptors (Lipinski definition) is 4. The van der Waals surface area contributed by atoms with Gasteiger partial charge in [-0.2, -0.15) is 0 Å². The molecule has 0 unspecified atom stereocenters. The number of methoxy groups -OCH3 is 1. The van der Waals surface area contributed by atoms with E-state index in [-0.39, 0.29) is 12.6 Å². The van der Waals surface area contributed by atoms with Crippen LogP contribution in [-0.4, -0.2) is 28.3 Å². The minimum atomic E-state index is -3.19. The van der Waals surface area contributed by atoms with Crippen LogP contribution >= 0.6 is 22.9 Å². The van der Waals surface area contributed by atoms with Crippen molar-refractivity contribution in [1.82, 2.24) is 4.72 Å². The summed E-state index contributed by atoms with van der Waals surface area (Å²) in [5.74, 6) is 0. The quantitative estimate of drug-likeness (QED) is 0.884. The van der Waals surface area contributed by atoms with E-state index in [0.717, 1.165) is 11.1 Å². The molecule has 0 bridgehead atoms. The predicted octanol–water partition coefficient (Wildman–Crippen LogP) is 1.64. The summed E-state index contributed by atoms with van der Waals surface area (Å²) in [7, 11) is -1.66. The number of halogens is 1. The van der Waals surface area contributed by atoms with Gasteiger partial charge in [-0.25, -0.2) is 13.1 Å². The van der Waals surface area contributed by atoms with Crippen molar-refractivity contribution in [2.75, 3.05) is 19.9 Å². The maximum atomic E-state index is 10.9. The number of sulfonamides is 1. The molecule has 1 heterocycles. The second-order valence-corrected chi connectivity index (χ2v) is 6.57. The van der Waals surface area contributed by atoms with Crippen LogP contribution in [0.5, 0.6) is 0 Å². The van der Waals surface area contributed by atoms with Gasteiger partial charge in [0, 0.05) is 18.5 Å². The lowest BCUT2D eigenvalue weighted by molar-refractivity contribution is 0.110. The van der Waals surface area contributed by atoms with E-state index in [2.05, 4.69) is 4.72 Å². The summed E-state index contributed by atoms with van der Waals surface area (Å²) < 4.78 is 30.0. The molecule has 0 aliphatic carbocycles. The highest BCUT2D eigenvalue weighted by molar-refractivity contribution is 7.88. The molecule has 0 aliphatic heterocycles.